The van der Waals surface area contributed by atoms with Crippen molar-refractivity contribution in [3.63, 3.8) is 0 Å². The van der Waals surface area contributed by atoms with Gasteiger partial charge in [0.2, 0.25) is 0 Å². The van der Waals surface area contributed by atoms with Crippen molar-refractivity contribution in [3.8, 4) is 11.5 Å². The van der Waals surface area contributed by atoms with Crippen LogP contribution in [0.5, 0.6) is 11.5 Å². The molecule has 1 aliphatic heterocycles. The van der Waals surface area contributed by atoms with Crippen molar-refractivity contribution in [1.29, 1.82) is 0 Å². The molecule has 1 aliphatic carbocycles. The number of hydrogen-bond donors (Lipinski definition) is 1. The van der Waals surface area contributed by atoms with Crippen LogP contribution in [-0.2, 0) is 0 Å². The van der Waals surface area contributed by atoms with E-state index >= 15 is 0 Å². The van der Waals surface area contributed by atoms with Gasteiger partial charge in [-0.25, -0.2) is 0 Å². The van der Waals surface area contributed by atoms with Gasteiger partial charge < -0.3 is 19.5 Å². The lowest BCUT2D eigenvalue weighted by Gasteiger charge is -2.41. The van der Waals surface area contributed by atoms with Crippen LogP contribution in [0.1, 0.15) is 36.5 Å². The molecular formula is C22H32N2O4. The summed E-state index contributed by atoms with van der Waals surface area (Å²) in [4.78, 5) is 17.5. The Labute approximate surface area is 167 Å². The molecule has 0 aromatic heterocycles. The van der Waals surface area contributed by atoms with Crippen molar-refractivity contribution in [2.75, 3.05) is 46.0 Å². The van der Waals surface area contributed by atoms with E-state index in [0.717, 1.165) is 19.0 Å². The van der Waals surface area contributed by atoms with E-state index in [1.165, 1.54) is 12.8 Å². The molecule has 1 atom stereocenters. The Morgan fingerprint density at radius 2 is 2.11 bits per heavy atom. The van der Waals surface area contributed by atoms with Crippen molar-refractivity contribution in [2.24, 2.45) is 5.92 Å². The second-order valence-electron chi connectivity index (χ2n) is 7.55. The van der Waals surface area contributed by atoms with Crippen LogP contribution >= 0.6 is 0 Å². The van der Waals surface area contributed by atoms with Gasteiger partial charge in [-0.1, -0.05) is 12.7 Å². The van der Waals surface area contributed by atoms with Crippen molar-refractivity contribution >= 4 is 5.91 Å². The zero-order valence-corrected chi connectivity index (χ0v) is 16.8. The molecule has 0 radical (unpaired) electrons. The molecule has 3 rings (SSSR count). The van der Waals surface area contributed by atoms with Gasteiger partial charge in [-0.3, -0.25) is 9.69 Å². The van der Waals surface area contributed by atoms with Gasteiger partial charge in [-0.2, -0.15) is 0 Å². The molecule has 28 heavy (non-hydrogen) atoms. The molecule has 2 fully saturated rings. The minimum Gasteiger partial charge on any atom is -0.490 e. The van der Waals surface area contributed by atoms with Crippen LogP contribution in [-0.4, -0.2) is 72.9 Å². The minimum atomic E-state index is 0.00485. The van der Waals surface area contributed by atoms with E-state index in [1.807, 2.05) is 11.8 Å². The molecule has 1 amide bonds. The summed E-state index contributed by atoms with van der Waals surface area (Å²) in [5.41, 5.74) is 0.604. The predicted molar refractivity (Wildman–Crippen MR) is 109 cm³/mol. The second kappa shape index (κ2) is 9.94. The van der Waals surface area contributed by atoms with Crippen molar-refractivity contribution in [2.45, 2.75) is 32.2 Å². The normalized spacial score (nSPS) is 20.1. The number of amides is 1. The van der Waals surface area contributed by atoms with Crippen molar-refractivity contribution < 1.29 is 19.4 Å². The summed E-state index contributed by atoms with van der Waals surface area (Å²) in [5.74, 6) is 2.01. The Morgan fingerprint density at radius 3 is 2.79 bits per heavy atom. The molecule has 6 nitrogen and oxygen atoms in total. The number of carbonyl (C=O) groups is 1. The zero-order valence-electron chi connectivity index (χ0n) is 16.8. The smallest absolute Gasteiger partial charge is 0.254 e. The Hall–Kier alpha value is -2.05. The summed E-state index contributed by atoms with van der Waals surface area (Å²) < 4.78 is 11.3. The van der Waals surface area contributed by atoms with Gasteiger partial charge in [-0.05, 0) is 50.3 Å². The van der Waals surface area contributed by atoms with E-state index in [4.69, 9.17) is 9.47 Å². The first kappa shape index (κ1) is 20.7. The largest absolute Gasteiger partial charge is 0.490 e. The average molecular weight is 389 g/mol. The summed E-state index contributed by atoms with van der Waals surface area (Å²) >= 11 is 0. The summed E-state index contributed by atoms with van der Waals surface area (Å²) in [6.45, 7) is 9.94. The van der Waals surface area contributed by atoms with Crippen LogP contribution in [0.25, 0.3) is 0 Å². The summed E-state index contributed by atoms with van der Waals surface area (Å²) in [6.07, 6.45) is 5.00. The minimum absolute atomic E-state index is 0.00485. The predicted octanol–water partition coefficient (Wildman–Crippen LogP) is 2.57. The number of carbonyl (C=O) groups excluding carboxylic acids is 1. The monoisotopic (exact) mass is 388 g/mol. The number of piperazine rings is 1. The van der Waals surface area contributed by atoms with Crippen molar-refractivity contribution in [3.05, 3.63) is 36.4 Å². The fourth-order valence-corrected chi connectivity index (χ4v) is 3.73. The molecule has 154 valence electrons. The summed E-state index contributed by atoms with van der Waals surface area (Å²) in [7, 11) is 0. The maximum Gasteiger partial charge on any atom is 0.254 e. The quantitative estimate of drug-likeness (QED) is 0.624. The van der Waals surface area contributed by atoms with Gasteiger partial charge in [0, 0.05) is 44.4 Å². The number of benzene rings is 1. The lowest BCUT2D eigenvalue weighted by molar-refractivity contribution is 0.0407. The standard InChI is InChI=1S/C22H32N2O4/c1-3-13-28-20-8-7-18(14-21(20)27-4-2)22(26)24-11-10-23(15-17-5-6-17)19(16-24)9-12-25/h3,7-8,14,17,19,25H,1,4-6,9-13,15-16H2,2H3. The van der Waals surface area contributed by atoms with Gasteiger partial charge in [0.15, 0.2) is 11.5 Å². The first-order chi connectivity index (χ1) is 13.7. The summed E-state index contributed by atoms with van der Waals surface area (Å²) in [5, 5.41) is 9.46. The second-order valence-corrected chi connectivity index (χ2v) is 7.55. The van der Waals surface area contributed by atoms with Crippen LogP contribution in [0.2, 0.25) is 0 Å². The molecule has 1 saturated carbocycles. The molecule has 1 heterocycles. The maximum atomic E-state index is 13.1. The Bertz CT molecular complexity index is 675. The third-order valence-electron chi connectivity index (χ3n) is 5.39. The topological polar surface area (TPSA) is 62.2 Å². The number of aliphatic hydroxyl groups is 1. The van der Waals surface area contributed by atoms with E-state index in [9.17, 15) is 9.90 Å². The Kier molecular flexibility index (Phi) is 7.34. The van der Waals surface area contributed by atoms with Crippen LogP contribution in [0.3, 0.4) is 0 Å². The lowest BCUT2D eigenvalue weighted by Crippen LogP contribution is -2.55. The van der Waals surface area contributed by atoms with Gasteiger partial charge in [0.1, 0.15) is 6.61 Å². The number of rotatable bonds is 10. The first-order valence-electron chi connectivity index (χ1n) is 10.3. The van der Waals surface area contributed by atoms with Crippen LogP contribution in [0.4, 0.5) is 0 Å². The average Bonchev–Trinajstić information content (AvgIpc) is 3.52. The first-order valence-corrected chi connectivity index (χ1v) is 10.3. The highest BCUT2D eigenvalue weighted by molar-refractivity contribution is 5.95. The van der Waals surface area contributed by atoms with Crippen LogP contribution in [0, 0.1) is 5.92 Å². The molecule has 1 N–H and O–H groups in total. The maximum absolute atomic E-state index is 13.1. The fraction of sp³-hybridized carbons (Fsp3) is 0.591. The molecule has 6 heteroatoms. The van der Waals surface area contributed by atoms with E-state index < -0.39 is 0 Å². The van der Waals surface area contributed by atoms with E-state index in [-0.39, 0.29) is 18.6 Å². The molecule has 1 aromatic rings. The SMILES string of the molecule is C=CCOc1ccc(C(=O)N2CCN(CC3CC3)C(CCO)C2)cc1OCC. The molecule has 1 unspecified atom stereocenters. The van der Waals surface area contributed by atoms with Gasteiger partial charge in [0.25, 0.3) is 5.91 Å². The highest BCUT2D eigenvalue weighted by Crippen LogP contribution is 2.32. The van der Waals surface area contributed by atoms with Gasteiger partial charge in [-0.15, -0.1) is 0 Å². The summed E-state index contributed by atoms with van der Waals surface area (Å²) in [6, 6.07) is 5.57. The van der Waals surface area contributed by atoms with Crippen LogP contribution < -0.4 is 9.47 Å². The van der Waals surface area contributed by atoms with Crippen LogP contribution in [0.15, 0.2) is 30.9 Å². The Balaban J connectivity index is 1.69. The lowest BCUT2D eigenvalue weighted by atomic mass is 10.1. The highest BCUT2D eigenvalue weighted by atomic mass is 16.5. The number of hydrogen-bond acceptors (Lipinski definition) is 5. The van der Waals surface area contributed by atoms with E-state index in [0.29, 0.717) is 49.8 Å². The molecule has 0 spiro atoms. The molecule has 0 bridgehead atoms. The number of aliphatic hydroxyl groups excluding tert-OH is 1. The molecule has 2 aliphatic rings. The van der Waals surface area contributed by atoms with E-state index in [2.05, 4.69) is 11.5 Å². The van der Waals surface area contributed by atoms with Gasteiger partial charge in [0.05, 0.1) is 6.61 Å². The zero-order chi connectivity index (χ0) is 19.9. The third-order valence-corrected chi connectivity index (χ3v) is 5.39. The van der Waals surface area contributed by atoms with Gasteiger partial charge >= 0.3 is 0 Å². The highest BCUT2D eigenvalue weighted by Gasteiger charge is 2.33. The molecule has 1 aromatic carbocycles. The molecular weight excluding hydrogens is 356 g/mol. The molecule has 1 saturated heterocycles. The third kappa shape index (κ3) is 5.26. The van der Waals surface area contributed by atoms with E-state index in [1.54, 1.807) is 24.3 Å². The number of nitrogens with zero attached hydrogens (tertiary/aromatic N) is 2. The fourth-order valence-electron chi connectivity index (χ4n) is 3.73. The van der Waals surface area contributed by atoms with Crippen molar-refractivity contribution in [1.82, 2.24) is 9.80 Å². The number of ether oxygens (including phenoxy) is 2. The Morgan fingerprint density at radius 1 is 1.29 bits per heavy atom.